The summed E-state index contributed by atoms with van der Waals surface area (Å²) in [5, 5.41) is 3.49. The van der Waals surface area contributed by atoms with Crippen LogP contribution < -0.4 is 5.32 Å². The van der Waals surface area contributed by atoms with E-state index >= 15 is 0 Å². The topological polar surface area (TPSA) is 24.5 Å². The number of nitrogens with one attached hydrogen (secondary N) is 1. The Labute approximate surface area is 89.4 Å². The highest BCUT2D eigenvalue weighted by atomic mass is 16.5. The van der Waals surface area contributed by atoms with Gasteiger partial charge in [-0.2, -0.15) is 0 Å². The zero-order chi connectivity index (χ0) is 10.3. The number of hydrogen-bond acceptors (Lipinski definition) is 3. The van der Waals surface area contributed by atoms with Gasteiger partial charge in [0.05, 0.1) is 12.0 Å². The van der Waals surface area contributed by atoms with Crippen LogP contribution in [0.3, 0.4) is 0 Å². The van der Waals surface area contributed by atoms with E-state index in [1.54, 1.807) is 0 Å². The molecule has 15 heavy (non-hydrogen) atoms. The van der Waals surface area contributed by atoms with Crippen LogP contribution in [0, 0.1) is 0 Å². The number of rotatable bonds is 1. The van der Waals surface area contributed by atoms with Gasteiger partial charge in [0, 0.05) is 24.7 Å². The van der Waals surface area contributed by atoms with Crippen LogP contribution in [-0.2, 0) is 4.74 Å². The largest absolute Gasteiger partial charge is 0.497 e. The molecule has 0 bridgehead atoms. The molecule has 0 saturated heterocycles. The predicted octanol–water partition coefficient (Wildman–Crippen LogP) is 1.49. The van der Waals surface area contributed by atoms with Gasteiger partial charge in [0.25, 0.3) is 0 Å². The molecule has 2 aliphatic heterocycles. The van der Waals surface area contributed by atoms with Crippen LogP contribution in [0.1, 0.15) is 6.42 Å². The molecule has 0 spiro atoms. The maximum atomic E-state index is 5.31. The molecule has 1 aliphatic carbocycles. The Hall–Kier alpha value is -1.64. The standard InChI is InChI=1S/C12H14N2O/c1-14-11-6-2-5-10(11)13-12(14)9-4-3-7-15-8-9/h2-5,8,12-13H,6-7H2,1H3. The minimum absolute atomic E-state index is 0.233. The summed E-state index contributed by atoms with van der Waals surface area (Å²) in [7, 11) is 2.12. The maximum absolute atomic E-state index is 5.31. The first-order valence-corrected chi connectivity index (χ1v) is 5.23. The Balaban J connectivity index is 1.83. The zero-order valence-electron chi connectivity index (χ0n) is 8.73. The third-order valence-corrected chi connectivity index (χ3v) is 3.05. The van der Waals surface area contributed by atoms with Crippen molar-refractivity contribution in [2.24, 2.45) is 0 Å². The van der Waals surface area contributed by atoms with Crippen LogP contribution in [-0.4, -0.2) is 24.7 Å². The molecule has 3 aliphatic rings. The van der Waals surface area contributed by atoms with Gasteiger partial charge in [0.2, 0.25) is 0 Å². The fourth-order valence-corrected chi connectivity index (χ4v) is 2.25. The minimum atomic E-state index is 0.233. The van der Waals surface area contributed by atoms with Crippen molar-refractivity contribution in [2.45, 2.75) is 12.6 Å². The Morgan fingerprint density at radius 3 is 3.07 bits per heavy atom. The molecule has 3 heteroatoms. The van der Waals surface area contributed by atoms with E-state index in [0.717, 1.165) is 6.42 Å². The first kappa shape index (κ1) is 8.65. The molecular formula is C12H14N2O. The van der Waals surface area contributed by atoms with Crippen molar-refractivity contribution in [1.29, 1.82) is 0 Å². The average Bonchev–Trinajstić information content (AvgIpc) is 2.83. The molecular weight excluding hydrogens is 188 g/mol. The molecule has 3 rings (SSSR count). The molecule has 0 amide bonds. The number of likely N-dealkylation sites (N-methyl/N-ethyl adjacent to an activating group) is 1. The van der Waals surface area contributed by atoms with E-state index in [4.69, 9.17) is 4.74 Å². The van der Waals surface area contributed by atoms with Crippen molar-refractivity contribution in [1.82, 2.24) is 10.2 Å². The Bertz CT molecular complexity index is 404. The molecule has 0 aromatic heterocycles. The first-order chi connectivity index (χ1) is 7.36. The van der Waals surface area contributed by atoms with Crippen molar-refractivity contribution in [3.63, 3.8) is 0 Å². The molecule has 0 saturated carbocycles. The molecule has 1 N–H and O–H groups in total. The minimum Gasteiger partial charge on any atom is -0.497 e. The van der Waals surface area contributed by atoms with E-state index in [9.17, 15) is 0 Å². The molecule has 0 fully saturated rings. The highest BCUT2D eigenvalue weighted by Gasteiger charge is 2.30. The van der Waals surface area contributed by atoms with Crippen LogP contribution in [0.15, 0.2) is 47.5 Å². The number of allylic oxidation sites excluding steroid dienone is 2. The van der Waals surface area contributed by atoms with Crippen LogP contribution in [0.4, 0.5) is 0 Å². The summed E-state index contributed by atoms with van der Waals surface area (Å²) in [5.74, 6) is 0. The first-order valence-electron chi connectivity index (χ1n) is 5.23. The molecule has 2 heterocycles. The van der Waals surface area contributed by atoms with E-state index in [-0.39, 0.29) is 6.17 Å². The monoisotopic (exact) mass is 202 g/mol. The van der Waals surface area contributed by atoms with Crippen molar-refractivity contribution < 1.29 is 4.74 Å². The van der Waals surface area contributed by atoms with Gasteiger partial charge in [-0.05, 0) is 12.2 Å². The molecule has 1 unspecified atom stereocenters. The highest BCUT2D eigenvalue weighted by molar-refractivity contribution is 5.40. The Morgan fingerprint density at radius 2 is 2.33 bits per heavy atom. The lowest BCUT2D eigenvalue weighted by molar-refractivity contribution is 0.267. The molecule has 3 nitrogen and oxygen atoms in total. The number of hydrogen-bond donors (Lipinski definition) is 1. The second-order valence-corrected chi connectivity index (χ2v) is 3.98. The van der Waals surface area contributed by atoms with Crippen molar-refractivity contribution in [2.75, 3.05) is 13.7 Å². The van der Waals surface area contributed by atoms with Crippen molar-refractivity contribution >= 4 is 0 Å². The zero-order valence-corrected chi connectivity index (χ0v) is 8.73. The lowest BCUT2D eigenvalue weighted by Crippen LogP contribution is -2.36. The van der Waals surface area contributed by atoms with Gasteiger partial charge in [-0.15, -0.1) is 0 Å². The van der Waals surface area contributed by atoms with Gasteiger partial charge < -0.3 is 15.0 Å². The fourth-order valence-electron chi connectivity index (χ4n) is 2.25. The Kier molecular flexibility index (Phi) is 1.84. The maximum Gasteiger partial charge on any atom is 0.128 e. The van der Waals surface area contributed by atoms with E-state index in [1.165, 1.54) is 17.0 Å². The summed E-state index contributed by atoms with van der Waals surface area (Å²) in [6.07, 6.45) is 11.6. The molecule has 0 aromatic rings. The third kappa shape index (κ3) is 1.27. The van der Waals surface area contributed by atoms with E-state index < -0.39 is 0 Å². The van der Waals surface area contributed by atoms with Gasteiger partial charge in [0.1, 0.15) is 12.8 Å². The smallest absolute Gasteiger partial charge is 0.128 e. The van der Waals surface area contributed by atoms with Gasteiger partial charge in [-0.25, -0.2) is 0 Å². The predicted molar refractivity (Wildman–Crippen MR) is 58.6 cm³/mol. The molecule has 1 atom stereocenters. The van der Waals surface area contributed by atoms with E-state index in [0.29, 0.717) is 6.61 Å². The highest BCUT2D eigenvalue weighted by Crippen LogP contribution is 2.30. The summed E-state index contributed by atoms with van der Waals surface area (Å²) in [5.41, 5.74) is 3.81. The second kappa shape index (κ2) is 3.19. The lowest BCUT2D eigenvalue weighted by Gasteiger charge is -2.26. The molecule has 0 radical (unpaired) electrons. The van der Waals surface area contributed by atoms with Crippen LogP contribution >= 0.6 is 0 Å². The van der Waals surface area contributed by atoms with Crippen molar-refractivity contribution in [3.05, 3.63) is 47.5 Å². The van der Waals surface area contributed by atoms with E-state index in [1.807, 2.05) is 12.3 Å². The normalized spacial score (nSPS) is 27.7. The second-order valence-electron chi connectivity index (χ2n) is 3.98. The van der Waals surface area contributed by atoms with Gasteiger partial charge in [0.15, 0.2) is 0 Å². The number of ether oxygens (including phenoxy) is 1. The summed E-state index contributed by atoms with van der Waals surface area (Å²) >= 11 is 0. The van der Waals surface area contributed by atoms with E-state index in [2.05, 4.69) is 35.5 Å². The summed E-state index contributed by atoms with van der Waals surface area (Å²) in [6.45, 7) is 0.687. The van der Waals surface area contributed by atoms with Crippen LogP contribution in [0.25, 0.3) is 0 Å². The van der Waals surface area contributed by atoms with Gasteiger partial charge >= 0.3 is 0 Å². The quantitative estimate of drug-likeness (QED) is 0.697. The summed E-state index contributed by atoms with van der Waals surface area (Å²) < 4.78 is 5.31. The summed E-state index contributed by atoms with van der Waals surface area (Å²) in [4.78, 5) is 2.28. The third-order valence-electron chi connectivity index (χ3n) is 3.05. The van der Waals surface area contributed by atoms with Crippen LogP contribution in [0.2, 0.25) is 0 Å². The average molecular weight is 202 g/mol. The SMILES string of the molecule is CN1C2=C(C=CC2)NC1C1=COCC=C1. The molecule has 78 valence electrons. The van der Waals surface area contributed by atoms with Gasteiger partial charge in [-0.1, -0.05) is 12.2 Å². The summed E-state index contributed by atoms with van der Waals surface area (Å²) in [6, 6.07) is 0. The van der Waals surface area contributed by atoms with Crippen LogP contribution in [0.5, 0.6) is 0 Å². The fraction of sp³-hybridized carbons (Fsp3) is 0.333. The molecule has 0 aromatic carbocycles. The van der Waals surface area contributed by atoms with Crippen molar-refractivity contribution in [3.8, 4) is 0 Å². The lowest BCUT2D eigenvalue weighted by atomic mass is 10.1. The Morgan fingerprint density at radius 1 is 1.40 bits per heavy atom. The van der Waals surface area contributed by atoms with Gasteiger partial charge in [-0.3, -0.25) is 0 Å². The number of nitrogens with zero attached hydrogens (tertiary/aromatic N) is 1.